The molecule has 9 heteroatoms. The highest BCUT2D eigenvalue weighted by atomic mass is 32.2. The van der Waals surface area contributed by atoms with Gasteiger partial charge >= 0.3 is 6.18 Å². The Hall–Kier alpha value is -1.77. The van der Waals surface area contributed by atoms with E-state index >= 15 is 0 Å². The average molecular weight is 361 g/mol. The SMILES string of the molecule is Cc1cc([N+](=O)[O-])ccc1N=C1SC[C@H](C(F)(F)F)N1CC(C)C. The summed E-state index contributed by atoms with van der Waals surface area (Å²) in [5.41, 5.74) is 0.930. The maximum Gasteiger partial charge on any atom is 0.409 e. The first kappa shape index (κ1) is 18.6. The van der Waals surface area contributed by atoms with Crippen molar-refractivity contribution in [1.82, 2.24) is 4.90 Å². The van der Waals surface area contributed by atoms with Crippen LogP contribution in [0, 0.1) is 23.0 Å². The van der Waals surface area contributed by atoms with Gasteiger partial charge in [0.05, 0.1) is 10.6 Å². The lowest BCUT2D eigenvalue weighted by atomic mass is 10.1. The highest BCUT2D eigenvalue weighted by molar-refractivity contribution is 8.14. The van der Waals surface area contributed by atoms with Crippen molar-refractivity contribution in [2.45, 2.75) is 33.0 Å². The fourth-order valence-corrected chi connectivity index (χ4v) is 3.61. The smallest absolute Gasteiger partial charge is 0.338 e. The Morgan fingerprint density at radius 2 is 2.12 bits per heavy atom. The van der Waals surface area contributed by atoms with Gasteiger partial charge in [-0.25, -0.2) is 4.99 Å². The molecule has 0 aliphatic carbocycles. The number of alkyl halides is 3. The number of hydrogen-bond donors (Lipinski definition) is 0. The zero-order chi connectivity index (χ0) is 18.1. The number of benzene rings is 1. The van der Waals surface area contributed by atoms with E-state index in [0.717, 1.165) is 11.8 Å². The van der Waals surface area contributed by atoms with E-state index in [0.29, 0.717) is 16.4 Å². The van der Waals surface area contributed by atoms with E-state index in [2.05, 4.69) is 4.99 Å². The molecule has 1 aliphatic rings. The van der Waals surface area contributed by atoms with Gasteiger partial charge in [-0.1, -0.05) is 25.6 Å². The monoisotopic (exact) mass is 361 g/mol. The van der Waals surface area contributed by atoms with E-state index in [-0.39, 0.29) is 23.9 Å². The van der Waals surface area contributed by atoms with E-state index in [1.54, 1.807) is 6.92 Å². The van der Waals surface area contributed by atoms with Gasteiger partial charge in [0.1, 0.15) is 6.04 Å². The largest absolute Gasteiger partial charge is 0.409 e. The molecule has 0 saturated carbocycles. The fraction of sp³-hybridized carbons (Fsp3) is 0.533. The van der Waals surface area contributed by atoms with Crippen molar-refractivity contribution in [3.8, 4) is 0 Å². The van der Waals surface area contributed by atoms with Crippen LogP contribution in [0.1, 0.15) is 19.4 Å². The molecule has 5 nitrogen and oxygen atoms in total. The number of aliphatic imine (C=N–C) groups is 1. The molecule has 0 N–H and O–H groups in total. The van der Waals surface area contributed by atoms with Crippen LogP contribution in [0.4, 0.5) is 24.5 Å². The number of rotatable bonds is 4. The first-order valence-electron chi connectivity index (χ1n) is 7.39. The molecule has 0 spiro atoms. The number of nitro groups is 1. The molecule has 0 bridgehead atoms. The number of nitro benzene ring substituents is 1. The molecule has 0 radical (unpaired) electrons. The molecular weight excluding hydrogens is 343 g/mol. The van der Waals surface area contributed by atoms with Crippen molar-refractivity contribution in [3.63, 3.8) is 0 Å². The number of thioether (sulfide) groups is 1. The summed E-state index contributed by atoms with van der Waals surface area (Å²) in [6, 6.07) is 2.59. The van der Waals surface area contributed by atoms with Crippen molar-refractivity contribution in [2.24, 2.45) is 10.9 Å². The van der Waals surface area contributed by atoms with E-state index < -0.39 is 17.1 Å². The average Bonchev–Trinajstić information content (AvgIpc) is 2.83. The Labute approximate surface area is 142 Å². The summed E-state index contributed by atoms with van der Waals surface area (Å²) in [5.74, 6) is -0.0436. The summed E-state index contributed by atoms with van der Waals surface area (Å²) in [7, 11) is 0. The molecule has 1 aromatic carbocycles. The normalized spacial score (nSPS) is 20.2. The predicted octanol–water partition coefficient (Wildman–Crippen LogP) is 4.53. The second-order valence-electron chi connectivity index (χ2n) is 6.04. The van der Waals surface area contributed by atoms with Crippen LogP contribution in [0.2, 0.25) is 0 Å². The molecule has 1 saturated heterocycles. The first-order valence-corrected chi connectivity index (χ1v) is 8.38. The van der Waals surface area contributed by atoms with Crippen molar-refractivity contribution in [3.05, 3.63) is 33.9 Å². The lowest BCUT2D eigenvalue weighted by Gasteiger charge is -2.29. The lowest BCUT2D eigenvalue weighted by Crippen LogP contribution is -2.45. The van der Waals surface area contributed by atoms with Gasteiger partial charge in [0, 0.05) is 24.4 Å². The Bertz CT molecular complexity index is 662. The molecule has 132 valence electrons. The van der Waals surface area contributed by atoms with Crippen LogP contribution in [0.5, 0.6) is 0 Å². The van der Waals surface area contributed by atoms with Crippen molar-refractivity contribution >= 4 is 28.3 Å². The summed E-state index contributed by atoms with van der Waals surface area (Å²) in [4.78, 5) is 15.9. The third kappa shape index (κ3) is 4.19. The molecule has 0 amide bonds. The Balaban J connectivity index is 2.35. The molecule has 1 atom stereocenters. The first-order chi connectivity index (χ1) is 11.1. The zero-order valence-corrected chi connectivity index (χ0v) is 14.3. The van der Waals surface area contributed by atoms with Gasteiger partial charge in [-0.15, -0.1) is 0 Å². The number of aryl methyl sites for hydroxylation is 1. The number of nitrogens with zero attached hydrogens (tertiary/aromatic N) is 3. The molecule has 2 rings (SSSR count). The molecular formula is C15H18F3N3O2S. The third-order valence-electron chi connectivity index (χ3n) is 3.54. The van der Waals surface area contributed by atoms with Crippen LogP contribution < -0.4 is 0 Å². The summed E-state index contributed by atoms with van der Waals surface area (Å²) in [6.45, 7) is 5.61. The fourth-order valence-electron chi connectivity index (χ4n) is 2.41. The Kier molecular flexibility index (Phi) is 5.42. The van der Waals surface area contributed by atoms with Crippen LogP contribution in [-0.4, -0.2) is 39.5 Å². The zero-order valence-electron chi connectivity index (χ0n) is 13.5. The molecule has 0 unspecified atom stereocenters. The van der Waals surface area contributed by atoms with Gasteiger partial charge in [0.25, 0.3) is 5.69 Å². The van der Waals surface area contributed by atoms with Gasteiger partial charge in [0.15, 0.2) is 5.17 Å². The molecule has 1 heterocycles. The van der Waals surface area contributed by atoms with E-state index in [1.165, 1.54) is 23.1 Å². The summed E-state index contributed by atoms with van der Waals surface area (Å²) >= 11 is 1.06. The van der Waals surface area contributed by atoms with E-state index in [9.17, 15) is 23.3 Å². The van der Waals surface area contributed by atoms with Crippen LogP contribution in [0.15, 0.2) is 23.2 Å². The van der Waals surface area contributed by atoms with Gasteiger partial charge in [-0.05, 0) is 24.5 Å². The molecule has 24 heavy (non-hydrogen) atoms. The van der Waals surface area contributed by atoms with Crippen LogP contribution in [0.3, 0.4) is 0 Å². The van der Waals surface area contributed by atoms with Gasteiger partial charge in [0.2, 0.25) is 0 Å². The summed E-state index contributed by atoms with van der Waals surface area (Å²) in [6.07, 6.45) is -4.32. The van der Waals surface area contributed by atoms with Gasteiger partial charge < -0.3 is 4.90 Å². The minimum absolute atomic E-state index is 0.0525. The second-order valence-corrected chi connectivity index (χ2v) is 7.02. The standard InChI is InChI=1S/C15H18F3N3O2S/c1-9(2)7-20-13(15(16,17)18)8-24-14(20)19-12-5-4-11(21(22)23)6-10(12)3/h4-6,9,13H,7-8H2,1-3H3/t13-/m1/s1. The van der Waals surface area contributed by atoms with Crippen molar-refractivity contribution in [2.75, 3.05) is 12.3 Å². The predicted molar refractivity (Wildman–Crippen MR) is 88.8 cm³/mol. The van der Waals surface area contributed by atoms with Crippen LogP contribution in [0.25, 0.3) is 0 Å². The second kappa shape index (κ2) is 7.00. The number of non-ortho nitro benzene ring substituents is 1. The van der Waals surface area contributed by atoms with Crippen molar-refractivity contribution < 1.29 is 18.1 Å². The lowest BCUT2D eigenvalue weighted by molar-refractivity contribution is -0.384. The minimum atomic E-state index is -4.32. The maximum absolute atomic E-state index is 13.2. The summed E-state index contributed by atoms with van der Waals surface area (Å²) in [5, 5.41) is 11.1. The van der Waals surface area contributed by atoms with Gasteiger partial charge in [-0.3, -0.25) is 10.1 Å². The molecule has 1 fully saturated rings. The topological polar surface area (TPSA) is 58.7 Å². The third-order valence-corrected chi connectivity index (χ3v) is 4.61. The number of halogens is 3. The highest BCUT2D eigenvalue weighted by Crippen LogP contribution is 2.37. The quantitative estimate of drug-likeness (QED) is 0.584. The number of hydrogen-bond acceptors (Lipinski definition) is 4. The minimum Gasteiger partial charge on any atom is -0.338 e. The molecule has 0 aromatic heterocycles. The van der Waals surface area contributed by atoms with Gasteiger partial charge in [-0.2, -0.15) is 13.2 Å². The maximum atomic E-state index is 13.2. The number of amidine groups is 1. The van der Waals surface area contributed by atoms with Crippen molar-refractivity contribution in [1.29, 1.82) is 0 Å². The van der Waals surface area contributed by atoms with E-state index in [4.69, 9.17) is 0 Å². The van der Waals surface area contributed by atoms with E-state index in [1.807, 2.05) is 13.8 Å². The highest BCUT2D eigenvalue weighted by Gasteiger charge is 2.48. The molecule has 1 aliphatic heterocycles. The van der Waals surface area contributed by atoms with Crippen LogP contribution in [-0.2, 0) is 0 Å². The Morgan fingerprint density at radius 3 is 2.62 bits per heavy atom. The Morgan fingerprint density at radius 1 is 1.46 bits per heavy atom. The van der Waals surface area contributed by atoms with Crippen LogP contribution >= 0.6 is 11.8 Å². The summed E-state index contributed by atoms with van der Waals surface area (Å²) < 4.78 is 39.6. The molecule has 1 aromatic rings.